The van der Waals surface area contributed by atoms with E-state index >= 15 is 0 Å². The average Bonchev–Trinajstić information content (AvgIpc) is 2.59. The molecule has 0 spiro atoms. The summed E-state index contributed by atoms with van der Waals surface area (Å²) in [6, 6.07) is 6.71. The topological polar surface area (TPSA) is 45.7 Å². The Labute approximate surface area is 161 Å². The number of halogens is 2. The van der Waals surface area contributed by atoms with Crippen LogP contribution in [-0.4, -0.2) is 32.2 Å². The third-order valence-electron chi connectivity index (χ3n) is 4.12. The molecule has 0 radical (unpaired) electrons. The Kier molecular flexibility index (Phi) is 10.8. The van der Waals surface area contributed by atoms with Crippen LogP contribution < -0.4 is 15.4 Å². The quantitative estimate of drug-likeness (QED) is 0.285. The molecule has 0 atom stereocenters. The molecule has 1 saturated carbocycles. The largest absolute Gasteiger partial charge is 0.494 e. The molecule has 1 aliphatic rings. The summed E-state index contributed by atoms with van der Waals surface area (Å²) in [7, 11) is 1.82. The highest BCUT2D eigenvalue weighted by molar-refractivity contribution is 14.0. The Morgan fingerprint density at radius 1 is 1.17 bits per heavy atom. The second-order valence-electron chi connectivity index (χ2n) is 5.99. The second-order valence-corrected chi connectivity index (χ2v) is 5.99. The van der Waals surface area contributed by atoms with E-state index in [0.29, 0.717) is 18.4 Å². The van der Waals surface area contributed by atoms with Gasteiger partial charge in [0.15, 0.2) is 5.96 Å². The number of nitrogens with one attached hydrogen (secondary N) is 2. The standard InChI is InChI=1S/C18H28FN3O.HI/c1-20-18(22-16-7-3-2-4-8-16)21-13-5-6-14-23-17-11-9-15(19)10-12-17;/h9-12,16H,2-8,13-14H2,1H3,(H2,20,21,22);1H. The first-order chi connectivity index (χ1) is 11.3. The third-order valence-corrected chi connectivity index (χ3v) is 4.12. The maximum Gasteiger partial charge on any atom is 0.191 e. The van der Waals surface area contributed by atoms with Gasteiger partial charge >= 0.3 is 0 Å². The minimum atomic E-state index is -0.238. The summed E-state index contributed by atoms with van der Waals surface area (Å²) in [5, 5.41) is 6.86. The Bertz CT molecular complexity index is 476. The minimum Gasteiger partial charge on any atom is -0.494 e. The van der Waals surface area contributed by atoms with Gasteiger partial charge in [-0.1, -0.05) is 19.3 Å². The third kappa shape index (κ3) is 8.17. The highest BCUT2D eigenvalue weighted by Crippen LogP contribution is 2.17. The smallest absolute Gasteiger partial charge is 0.191 e. The van der Waals surface area contributed by atoms with Gasteiger partial charge in [-0.25, -0.2) is 4.39 Å². The van der Waals surface area contributed by atoms with Gasteiger partial charge < -0.3 is 15.4 Å². The summed E-state index contributed by atoms with van der Waals surface area (Å²) in [6.07, 6.45) is 8.43. The molecule has 1 fully saturated rings. The Hall–Kier alpha value is -1.05. The van der Waals surface area contributed by atoms with Crippen LogP contribution in [0.4, 0.5) is 4.39 Å². The van der Waals surface area contributed by atoms with Gasteiger partial charge in [-0.3, -0.25) is 4.99 Å². The van der Waals surface area contributed by atoms with Gasteiger partial charge in [-0.15, -0.1) is 24.0 Å². The van der Waals surface area contributed by atoms with E-state index in [1.807, 2.05) is 7.05 Å². The predicted octanol–water partition coefficient (Wildman–Crippen LogP) is 4.10. The highest BCUT2D eigenvalue weighted by Gasteiger charge is 2.13. The van der Waals surface area contributed by atoms with E-state index in [9.17, 15) is 4.39 Å². The van der Waals surface area contributed by atoms with Crippen LogP contribution in [0.2, 0.25) is 0 Å². The lowest BCUT2D eigenvalue weighted by molar-refractivity contribution is 0.306. The first kappa shape index (κ1) is 21.0. The first-order valence-electron chi connectivity index (χ1n) is 8.63. The number of hydrogen-bond acceptors (Lipinski definition) is 2. The summed E-state index contributed by atoms with van der Waals surface area (Å²) < 4.78 is 18.3. The van der Waals surface area contributed by atoms with E-state index in [-0.39, 0.29) is 29.8 Å². The number of aliphatic imine (C=N–C) groups is 1. The van der Waals surface area contributed by atoms with Crippen molar-refractivity contribution in [2.75, 3.05) is 20.2 Å². The molecule has 2 N–H and O–H groups in total. The van der Waals surface area contributed by atoms with Crippen LogP contribution in [0, 0.1) is 5.82 Å². The van der Waals surface area contributed by atoms with Crippen molar-refractivity contribution < 1.29 is 9.13 Å². The molecule has 0 heterocycles. The zero-order valence-corrected chi connectivity index (χ0v) is 16.7. The van der Waals surface area contributed by atoms with Crippen molar-refractivity contribution in [2.24, 2.45) is 4.99 Å². The molecule has 2 rings (SSSR count). The Morgan fingerprint density at radius 2 is 1.88 bits per heavy atom. The number of rotatable bonds is 7. The predicted molar refractivity (Wildman–Crippen MR) is 108 cm³/mol. The molecule has 24 heavy (non-hydrogen) atoms. The molecule has 0 aromatic heterocycles. The minimum absolute atomic E-state index is 0. The fourth-order valence-electron chi connectivity index (χ4n) is 2.79. The molecule has 0 aliphatic heterocycles. The first-order valence-corrected chi connectivity index (χ1v) is 8.63. The molecule has 6 heteroatoms. The number of nitrogens with zero attached hydrogens (tertiary/aromatic N) is 1. The SMILES string of the molecule is CN=C(NCCCCOc1ccc(F)cc1)NC1CCCCC1.I. The van der Waals surface area contributed by atoms with Crippen molar-refractivity contribution in [1.29, 1.82) is 0 Å². The van der Waals surface area contributed by atoms with Crippen molar-refractivity contribution in [3.05, 3.63) is 30.1 Å². The maximum atomic E-state index is 12.8. The molecular formula is C18H29FIN3O. The van der Waals surface area contributed by atoms with Crippen molar-refractivity contribution in [1.82, 2.24) is 10.6 Å². The van der Waals surface area contributed by atoms with Crippen LogP contribution in [0.1, 0.15) is 44.9 Å². The molecule has 0 unspecified atom stereocenters. The van der Waals surface area contributed by atoms with Crippen molar-refractivity contribution in [2.45, 2.75) is 51.0 Å². The summed E-state index contributed by atoms with van der Waals surface area (Å²) in [5.41, 5.74) is 0. The van der Waals surface area contributed by atoms with Gasteiger partial charge in [0.2, 0.25) is 0 Å². The highest BCUT2D eigenvalue weighted by atomic mass is 127. The van der Waals surface area contributed by atoms with E-state index in [1.165, 1.54) is 44.2 Å². The molecule has 0 saturated heterocycles. The van der Waals surface area contributed by atoms with E-state index in [1.54, 1.807) is 12.1 Å². The lowest BCUT2D eigenvalue weighted by atomic mass is 9.96. The van der Waals surface area contributed by atoms with Gasteiger partial charge in [0, 0.05) is 19.6 Å². The zero-order valence-electron chi connectivity index (χ0n) is 14.4. The number of ether oxygens (including phenoxy) is 1. The van der Waals surface area contributed by atoms with E-state index in [4.69, 9.17) is 4.74 Å². The normalized spacial score (nSPS) is 15.5. The Morgan fingerprint density at radius 3 is 2.54 bits per heavy atom. The van der Waals surface area contributed by atoms with Crippen LogP contribution >= 0.6 is 24.0 Å². The molecule has 1 aromatic carbocycles. The second kappa shape index (κ2) is 12.3. The van der Waals surface area contributed by atoms with Crippen LogP contribution in [-0.2, 0) is 0 Å². The number of hydrogen-bond donors (Lipinski definition) is 2. The van der Waals surface area contributed by atoms with E-state index in [2.05, 4.69) is 15.6 Å². The summed E-state index contributed by atoms with van der Waals surface area (Å²) >= 11 is 0. The van der Waals surface area contributed by atoms with Gasteiger partial charge in [0.25, 0.3) is 0 Å². The average molecular weight is 449 g/mol. The molecule has 0 bridgehead atoms. The maximum absolute atomic E-state index is 12.8. The molecule has 4 nitrogen and oxygen atoms in total. The fraction of sp³-hybridized carbons (Fsp3) is 0.611. The molecule has 0 amide bonds. The van der Waals surface area contributed by atoms with Crippen LogP contribution in [0.3, 0.4) is 0 Å². The molecule has 136 valence electrons. The summed E-state index contributed by atoms with van der Waals surface area (Å²) in [4.78, 5) is 4.28. The lowest BCUT2D eigenvalue weighted by Crippen LogP contribution is -2.44. The van der Waals surface area contributed by atoms with Crippen molar-refractivity contribution in [3.8, 4) is 5.75 Å². The zero-order chi connectivity index (χ0) is 16.3. The van der Waals surface area contributed by atoms with Gasteiger partial charge in [-0.05, 0) is 49.9 Å². The van der Waals surface area contributed by atoms with Gasteiger partial charge in [0.05, 0.1) is 6.61 Å². The molecule has 1 aliphatic carbocycles. The van der Waals surface area contributed by atoms with E-state index in [0.717, 1.165) is 25.3 Å². The van der Waals surface area contributed by atoms with Gasteiger partial charge in [-0.2, -0.15) is 0 Å². The monoisotopic (exact) mass is 449 g/mol. The number of guanidine groups is 1. The van der Waals surface area contributed by atoms with Crippen molar-refractivity contribution in [3.63, 3.8) is 0 Å². The number of benzene rings is 1. The van der Waals surface area contributed by atoms with Crippen LogP contribution in [0.15, 0.2) is 29.3 Å². The van der Waals surface area contributed by atoms with E-state index < -0.39 is 0 Å². The summed E-state index contributed by atoms with van der Waals surface area (Å²) in [5.74, 6) is 1.38. The summed E-state index contributed by atoms with van der Waals surface area (Å²) in [6.45, 7) is 1.52. The Balaban J connectivity index is 0.00000288. The molecule has 1 aromatic rings. The lowest BCUT2D eigenvalue weighted by Gasteiger charge is -2.24. The number of unbranched alkanes of at least 4 members (excludes halogenated alkanes) is 1. The fourth-order valence-corrected chi connectivity index (χ4v) is 2.79. The van der Waals surface area contributed by atoms with Crippen LogP contribution in [0.25, 0.3) is 0 Å². The van der Waals surface area contributed by atoms with Crippen LogP contribution in [0.5, 0.6) is 5.75 Å². The van der Waals surface area contributed by atoms with Gasteiger partial charge in [0.1, 0.15) is 11.6 Å². The molecular weight excluding hydrogens is 420 g/mol. The van der Waals surface area contributed by atoms with Crippen molar-refractivity contribution >= 4 is 29.9 Å².